The minimum atomic E-state index is -1.03. The van der Waals surface area contributed by atoms with Crippen LogP contribution in [0, 0.1) is 0 Å². The Hall–Kier alpha value is -1.82. The fourth-order valence-electron chi connectivity index (χ4n) is 2.30. The number of carboxylic acid groups (broad SMARTS) is 1. The normalized spacial score (nSPS) is 23.0. The Labute approximate surface area is 111 Å². The van der Waals surface area contributed by atoms with Crippen LogP contribution < -0.4 is 5.32 Å². The third-order valence-electron chi connectivity index (χ3n) is 3.21. The Bertz CT molecular complexity index is 469. The quantitative estimate of drug-likeness (QED) is 0.847. The summed E-state index contributed by atoms with van der Waals surface area (Å²) in [5.41, 5.74) is 0.121. The summed E-state index contributed by atoms with van der Waals surface area (Å²) in [4.78, 5) is 22.8. The highest BCUT2D eigenvalue weighted by Gasteiger charge is 2.21. The van der Waals surface area contributed by atoms with Crippen LogP contribution in [-0.2, 0) is 16.1 Å². The van der Waals surface area contributed by atoms with Crippen LogP contribution in [0.3, 0.4) is 0 Å². The highest BCUT2D eigenvalue weighted by molar-refractivity contribution is 5.86. The minimum Gasteiger partial charge on any atom is -0.477 e. The first-order valence-corrected chi connectivity index (χ1v) is 6.35. The lowest BCUT2D eigenvalue weighted by atomic mass is 10.0. The largest absolute Gasteiger partial charge is 0.477 e. The van der Waals surface area contributed by atoms with Gasteiger partial charge >= 0.3 is 5.97 Å². The molecule has 1 aromatic rings. The Morgan fingerprint density at radius 3 is 3.05 bits per heavy atom. The molecule has 2 unspecified atom stereocenters. The molecule has 19 heavy (non-hydrogen) atoms. The lowest BCUT2D eigenvalue weighted by Gasteiger charge is -2.28. The van der Waals surface area contributed by atoms with E-state index in [0.29, 0.717) is 6.61 Å². The fraction of sp³-hybridized carbons (Fsp3) is 0.538. The minimum absolute atomic E-state index is 0.0281. The first kappa shape index (κ1) is 13.6. The summed E-state index contributed by atoms with van der Waals surface area (Å²) in [5.74, 6) is -1.20. The molecule has 2 atom stereocenters. The molecule has 6 nitrogen and oxygen atoms in total. The number of hydrogen-bond donors (Lipinski definition) is 2. The highest BCUT2D eigenvalue weighted by atomic mass is 16.5. The molecule has 2 rings (SSSR count). The number of aromatic carboxylic acids is 1. The highest BCUT2D eigenvalue weighted by Crippen LogP contribution is 2.13. The zero-order chi connectivity index (χ0) is 13.8. The maximum atomic E-state index is 11.9. The van der Waals surface area contributed by atoms with Gasteiger partial charge in [0.25, 0.3) is 0 Å². The molecule has 1 aliphatic rings. The number of aromatic nitrogens is 1. The Morgan fingerprint density at radius 2 is 2.37 bits per heavy atom. The Kier molecular flexibility index (Phi) is 4.21. The van der Waals surface area contributed by atoms with E-state index in [1.807, 2.05) is 6.92 Å². The predicted octanol–water partition coefficient (Wildman–Crippen LogP) is 0.870. The lowest BCUT2D eigenvalue weighted by Crippen LogP contribution is -2.42. The number of carbonyl (C=O) groups excluding carboxylic acids is 1. The number of nitrogens with one attached hydrogen (secondary N) is 1. The summed E-state index contributed by atoms with van der Waals surface area (Å²) in [6.07, 6.45) is 3.34. The maximum Gasteiger partial charge on any atom is 0.352 e. The van der Waals surface area contributed by atoms with Gasteiger partial charge in [-0.15, -0.1) is 0 Å². The third-order valence-corrected chi connectivity index (χ3v) is 3.21. The average Bonchev–Trinajstić information content (AvgIpc) is 2.76. The van der Waals surface area contributed by atoms with Gasteiger partial charge in [-0.25, -0.2) is 4.79 Å². The summed E-state index contributed by atoms with van der Waals surface area (Å²) in [6, 6.07) is 3.21. The van der Waals surface area contributed by atoms with E-state index >= 15 is 0 Å². The lowest BCUT2D eigenvalue weighted by molar-refractivity contribution is -0.123. The summed E-state index contributed by atoms with van der Waals surface area (Å²) < 4.78 is 6.84. The Balaban J connectivity index is 1.90. The van der Waals surface area contributed by atoms with E-state index in [1.54, 1.807) is 12.3 Å². The average molecular weight is 266 g/mol. The van der Waals surface area contributed by atoms with Gasteiger partial charge in [-0.3, -0.25) is 4.79 Å². The first-order chi connectivity index (χ1) is 9.06. The molecule has 1 fully saturated rings. The summed E-state index contributed by atoms with van der Waals surface area (Å²) in [5, 5.41) is 11.9. The molecule has 0 spiro atoms. The second-order valence-electron chi connectivity index (χ2n) is 4.80. The predicted molar refractivity (Wildman–Crippen MR) is 68.0 cm³/mol. The second kappa shape index (κ2) is 5.88. The molecule has 0 radical (unpaired) electrons. The number of carboxylic acids is 1. The number of nitrogens with zero attached hydrogens (tertiary/aromatic N) is 1. The molecule has 1 amide bonds. The van der Waals surface area contributed by atoms with Gasteiger partial charge in [0.1, 0.15) is 12.2 Å². The van der Waals surface area contributed by atoms with Crippen molar-refractivity contribution in [2.75, 3.05) is 6.61 Å². The van der Waals surface area contributed by atoms with Crippen LogP contribution >= 0.6 is 0 Å². The van der Waals surface area contributed by atoms with Crippen LogP contribution in [0.5, 0.6) is 0 Å². The molecule has 1 aliphatic heterocycles. The fourth-order valence-corrected chi connectivity index (χ4v) is 2.30. The van der Waals surface area contributed by atoms with E-state index in [9.17, 15) is 9.59 Å². The summed E-state index contributed by atoms with van der Waals surface area (Å²) >= 11 is 0. The summed E-state index contributed by atoms with van der Waals surface area (Å²) in [7, 11) is 0. The molecule has 2 N–H and O–H groups in total. The van der Waals surface area contributed by atoms with Crippen LogP contribution in [0.4, 0.5) is 0 Å². The zero-order valence-electron chi connectivity index (χ0n) is 10.8. The van der Waals surface area contributed by atoms with Crippen molar-refractivity contribution in [2.45, 2.75) is 38.5 Å². The van der Waals surface area contributed by atoms with Crippen molar-refractivity contribution < 1.29 is 19.4 Å². The van der Waals surface area contributed by atoms with E-state index in [4.69, 9.17) is 9.84 Å². The molecule has 6 heteroatoms. The van der Waals surface area contributed by atoms with E-state index in [-0.39, 0.29) is 30.3 Å². The van der Waals surface area contributed by atoms with Crippen molar-refractivity contribution in [2.24, 2.45) is 0 Å². The van der Waals surface area contributed by atoms with Crippen molar-refractivity contribution >= 4 is 11.9 Å². The van der Waals surface area contributed by atoms with Crippen LogP contribution in [0.15, 0.2) is 18.3 Å². The molecular formula is C13H18N2O4. The van der Waals surface area contributed by atoms with E-state index in [0.717, 1.165) is 12.8 Å². The monoisotopic (exact) mass is 266 g/mol. The summed E-state index contributed by atoms with van der Waals surface area (Å²) in [6.45, 7) is 2.66. The van der Waals surface area contributed by atoms with E-state index < -0.39 is 5.97 Å². The van der Waals surface area contributed by atoms with E-state index in [1.165, 1.54) is 10.6 Å². The van der Waals surface area contributed by atoms with E-state index in [2.05, 4.69) is 5.32 Å². The van der Waals surface area contributed by atoms with Crippen molar-refractivity contribution in [3.8, 4) is 0 Å². The second-order valence-corrected chi connectivity index (χ2v) is 4.80. The van der Waals surface area contributed by atoms with Crippen LogP contribution in [0.1, 0.15) is 30.3 Å². The number of hydrogen-bond acceptors (Lipinski definition) is 3. The van der Waals surface area contributed by atoms with Crippen molar-refractivity contribution in [1.29, 1.82) is 0 Å². The van der Waals surface area contributed by atoms with Gasteiger partial charge in [-0.05, 0) is 31.9 Å². The van der Waals surface area contributed by atoms with Crippen molar-refractivity contribution in [3.63, 3.8) is 0 Å². The molecule has 1 aromatic heterocycles. The molecule has 0 bridgehead atoms. The van der Waals surface area contributed by atoms with Gasteiger partial charge in [-0.2, -0.15) is 0 Å². The van der Waals surface area contributed by atoms with Gasteiger partial charge < -0.3 is 19.7 Å². The van der Waals surface area contributed by atoms with Crippen molar-refractivity contribution in [3.05, 3.63) is 24.0 Å². The maximum absolute atomic E-state index is 11.9. The molecule has 1 saturated heterocycles. The van der Waals surface area contributed by atoms with Gasteiger partial charge in [-0.1, -0.05) is 0 Å². The van der Waals surface area contributed by atoms with Gasteiger partial charge in [0.2, 0.25) is 5.91 Å². The van der Waals surface area contributed by atoms with Crippen LogP contribution in [-0.4, -0.2) is 40.3 Å². The SMILES string of the molecule is CC1CC(NC(=O)Cn2cccc2C(=O)O)CCO1. The molecule has 0 aromatic carbocycles. The standard InChI is InChI=1S/C13H18N2O4/c1-9-7-10(4-6-19-9)14-12(16)8-15-5-2-3-11(15)13(17)18/h2-3,5,9-10H,4,6-8H2,1H3,(H,14,16)(H,17,18). The molecule has 104 valence electrons. The molecular weight excluding hydrogens is 248 g/mol. The van der Waals surface area contributed by atoms with Gasteiger partial charge in [0.15, 0.2) is 0 Å². The molecule has 0 aliphatic carbocycles. The topological polar surface area (TPSA) is 80.6 Å². The Morgan fingerprint density at radius 1 is 1.58 bits per heavy atom. The molecule has 0 saturated carbocycles. The first-order valence-electron chi connectivity index (χ1n) is 6.35. The number of amides is 1. The van der Waals surface area contributed by atoms with Crippen LogP contribution in [0.25, 0.3) is 0 Å². The third kappa shape index (κ3) is 3.57. The smallest absolute Gasteiger partial charge is 0.352 e. The zero-order valence-corrected chi connectivity index (χ0v) is 10.8. The van der Waals surface area contributed by atoms with Gasteiger partial charge in [0, 0.05) is 18.8 Å². The molecule has 2 heterocycles. The number of carbonyl (C=O) groups is 2. The van der Waals surface area contributed by atoms with Crippen molar-refractivity contribution in [1.82, 2.24) is 9.88 Å². The van der Waals surface area contributed by atoms with Gasteiger partial charge in [0.05, 0.1) is 6.10 Å². The van der Waals surface area contributed by atoms with Crippen LogP contribution in [0.2, 0.25) is 0 Å². The number of ether oxygens (including phenoxy) is 1. The number of rotatable bonds is 4.